The highest BCUT2D eigenvalue weighted by atomic mass is 14.9. The molecule has 0 saturated heterocycles. The molecule has 18 heavy (non-hydrogen) atoms. The summed E-state index contributed by atoms with van der Waals surface area (Å²) in [5.41, 5.74) is 1.45. The lowest BCUT2D eigenvalue weighted by molar-refractivity contribution is 0.432. The van der Waals surface area contributed by atoms with Gasteiger partial charge in [-0.25, -0.2) is 0 Å². The molecule has 1 N–H and O–H groups in total. The van der Waals surface area contributed by atoms with Gasteiger partial charge in [-0.15, -0.1) is 0 Å². The molecular formula is C17H29N. The molecule has 1 heteroatoms. The van der Waals surface area contributed by atoms with Crippen LogP contribution in [0.1, 0.15) is 63.9 Å². The Morgan fingerprint density at radius 1 is 1.00 bits per heavy atom. The monoisotopic (exact) mass is 247 g/mol. The van der Waals surface area contributed by atoms with Crippen LogP contribution in [-0.4, -0.2) is 13.1 Å². The molecule has 1 nitrogen and oxygen atoms in total. The van der Waals surface area contributed by atoms with E-state index in [4.69, 9.17) is 0 Å². The second-order valence-corrected chi connectivity index (χ2v) is 5.30. The lowest BCUT2D eigenvalue weighted by Gasteiger charge is -2.24. The average Bonchev–Trinajstić information content (AvgIpc) is 2.43. The number of benzene rings is 1. The summed E-state index contributed by atoms with van der Waals surface area (Å²) >= 11 is 0. The number of likely N-dealkylation sites (N-methyl/N-ethyl adjacent to an activating group) is 1. The predicted octanol–water partition coefficient (Wildman–Crippen LogP) is 4.74. The number of hydrogen-bond acceptors (Lipinski definition) is 1. The van der Waals surface area contributed by atoms with E-state index in [1.165, 1.54) is 44.1 Å². The number of nitrogens with one attached hydrogen (secondary N) is 1. The van der Waals surface area contributed by atoms with Crippen LogP contribution in [0.2, 0.25) is 0 Å². The zero-order valence-corrected chi connectivity index (χ0v) is 12.3. The number of hydrogen-bond donors (Lipinski definition) is 1. The zero-order valence-electron chi connectivity index (χ0n) is 12.3. The summed E-state index contributed by atoms with van der Waals surface area (Å²) in [6.07, 6.45) is 8.13. The summed E-state index contributed by atoms with van der Waals surface area (Å²) in [7, 11) is 2.09. The first kappa shape index (κ1) is 15.2. The fraction of sp³-hybridized carbons (Fsp3) is 0.647. The van der Waals surface area contributed by atoms with Gasteiger partial charge in [0.25, 0.3) is 0 Å². The van der Waals surface area contributed by atoms with Crippen molar-refractivity contribution in [2.24, 2.45) is 0 Å². The van der Waals surface area contributed by atoms with E-state index in [0.717, 1.165) is 0 Å². The molecule has 0 radical (unpaired) electrons. The second kappa shape index (κ2) is 9.16. The Balaban J connectivity index is 2.36. The molecule has 0 aliphatic rings. The SMILES string of the molecule is CCCCCCCC(NC)C(C)c1ccccc1. The summed E-state index contributed by atoms with van der Waals surface area (Å²) in [4.78, 5) is 0. The van der Waals surface area contributed by atoms with Gasteiger partial charge in [0.15, 0.2) is 0 Å². The second-order valence-electron chi connectivity index (χ2n) is 5.30. The highest BCUT2D eigenvalue weighted by Gasteiger charge is 2.16. The van der Waals surface area contributed by atoms with Crippen molar-refractivity contribution >= 4 is 0 Å². The van der Waals surface area contributed by atoms with Crippen molar-refractivity contribution in [1.29, 1.82) is 0 Å². The van der Waals surface area contributed by atoms with E-state index in [9.17, 15) is 0 Å². The normalized spacial score (nSPS) is 14.4. The summed E-state index contributed by atoms with van der Waals surface area (Å²) in [5.74, 6) is 0.599. The quantitative estimate of drug-likeness (QED) is 0.622. The van der Waals surface area contributed by atoms with Gasteiger partial charge in [0.05, 0.1) is 0 Å². The van der Waals surface area contributed by atoms with Crippen LogP contribution in [0.4, 0.5) is 0 Å². The van der Waals surface area contributed by atoms with Crippen molar-refractivity contribution in [1.82, 2.24) is 5.32 Å². The lowest BCUT2D eigenvalue weighted by Crippen LogP contribution is -2.30. The molecule has 0 spiro atoms. The van der Waals surface area contributed by atoms with Crippen LogP contribution in [0, 0.1) is 0 Å². The van der Waals surface area contributed by atoms with Crippen molar-refractivity contribution in [2.45, 2.75) is 64.3 Å². The van der Waals surface area contributed by atoms with Gasteiger partial charge in [-0.1, -0.05) is 76.3 Å². The average molecular weight is 247 g/mol. The first-order valence-electron chi connectivity index (χ1n) is 7.51. The van der Waals surface area contributed by atoms with Gasteiger partial charge in [-0.3, -0.25) is 0 Å². The summed E-state index contributed by atoms with van der Waals surface area (Å²) in [6.45, 7) is 4.61. The molecule has 0 bridgehead atoms. The Labute approximate surface area is 113 Å². The molecule has 0 heterocycles. The van der Waals surface area contributed by atoms with Gasteiger partial charge in [0, 0.05) is 6.04 Å². The van der Waals surface area contributed by atoms with Crippen LogP contribution in [0.25, 0.3) is 0 Å². The fourth-order valence-corrected chi connectivity index (χ4v) is 2.60. The third-order valence-corrected chi connectivity index (χ3v) is 3.92. The van der Waals surface area contributed by atoms with E-state index >= 15 is 0 Å². The fourth-order valence-electron chi connectivity index (χ4n) is 2.60. The third kappa shape index (κ3) is 5.22. The number of rotatable bonds is 9. The van der Waals surface area contributed by atoms with Crippen molar-refractivity contribution in [3.63, 3.8) is 0 Å². The van der Waals surface area contributed by atoms with Crippen LogP contribution in [-0.2, 0) is 0 Å². The van der Waals surface area contributed by atoms with Crippen LogP contribution in [0.3, 0.4) is 0 Å². The van der Waals surface area contributed by atoms with Crippen molar-refractivity contribution in [3.05, 3.63) is 35.9 Å². The van der Waals surface area contributed by atoms with Gasteiger partial charge in [-0.05, 0) is 24.9 Å². The van der Waals surface area contributed by atoms with Crippen LogP contribution in [0.5, 0.6) is 0 Å². The standard InChI is InChI=1S/C17H29N/c1-4-5-6-7-11-14-17(18-3)15(2)16-12-9-8-10-13-16/h8-10,12-13,15,17-18H,4-7,11,14H2,1-3H3. The Hall–Kier alpha value is -0.820. The largest absolute Gasteiger partial charge is 0.316 e. The Kier molecular flexibility index (Phi) is 7.75. The van der Waals surface area contributed by atoms with Gasteiger partial charge in [0.1, 0.15) is 0 Å². The van der Waals surface area contributed by atoms with Crippen molar-refractivity contribution in [3.8, 4) is 0 Å². The van der Waals surface area contributed by atoms with E-state index in [-0.39, 0.29) is 0 Å². The van der Waals surface area contributed by atoms with Crippen LogP contribution in [0.15, 0.2) is 30.3 Å². The molecule has 102 valence electrons. The molecule has 0 aliphatic carbocycles. The van der Waals surface area contributed by atoms with E-state index in [1.807, 2.05) is 0 Å². The predicted molar refractivity (Wildman–Crippen MR) is 81.1 cm³/mol. The third-order valence-electron chi connectivity index (χ3n) is 3.92. The van der Waals surface area contributed by atoms with Crippen LogP contribution < -0.4 is 5.32 Å². The minimum Gasteiger partial charge on any atom is -0.316 e. The molecule has 1 aromatic rings. The zero-order chi connectivity index (χ0) is 13.2. The smallest absolute Gasteiger partial charge is 0.0130 e. The Morgan fingerprint density at radius 2 is 1.67 bits per heavy atom. The van der Waals surface area contributed by atoms with Gasteiger partial charge >= 0.3 is 0 Å². The topological polar surface area (TPSA) is 12.0 Å². The molecule has 0 aromatic heterocycles. The molecule has 2 unspecified atom stereocenters. The minimum atomic E-state index is 0.599. The first-order chi connectivity index (χ1) is 8.79. The molecule has 2 atom stereocenters. The summed E-state index contributed by atoms with van der Waals surface area (Å²) < 4.78 is 0. The molecule has 0 amide bonds. The van der Waals surface area contributed by atoms with Gasteiger partial charge in [-0.2, -0.15) is 0 Å². The van der Waals surface area contributed by atoms with Crippen LogP contribution >= 0.6 is 0 Å². The maximum Gasteiger partial charge on any atom is 0.0130 e. The highest BCUT2D eigenvalue weighted by molar-refractivity contribution is 5.20. The van der Waals surface area contributed by atoms with Gasteiger partial charge in [0.2, 0.25) is 0 Å². The minimum absolute atomic E-state index is 0.599. The van der Waals surface area contributed by atoms with Gasteiger partial charge < -0.3 is 5.32 Å². The molecule has 0 aliphatic heterocycles. The maximum absolute atomic E-state index is 3.49. The van der Waals surface area contributed by atoms with Crippen molar-refractivity contribution in [2.75, 3.05) is 7.05 Å². The van der Waals surface area contributed by atoms with E-state index < -0.39 is 0 Å². The molecule has 0 fully saturated rings. The van der Waals surface area contributed by atoms with E-state index in [2.05, 4.69) is 56.5 Å². The summed E-state index contributed by atoms with van der Waals surface area (Å²) in [6, 6.07) is 11.5. The van der Waals surface area contributed by atoms with E-state index in [0.29, 0.717) is 12.0 Å². The Morgan fingerprint density at radius 3 is 2.28 bits per heavy atom. The van der Waals surface area contributed by atoms with E-state index in [1.54, 1.807) is 0 Å². The Bertz CT molecular complexity index is 294. The lowest BCUT2D eigenvalue weighted by atomic mass is 9.90. The highest BCUT2D eigenvalue weighted by Crippen LogP contribution is 2.22. The molecule has 0 saturated carbocycles. The maximum atomic E-state index is 3.49. The summed E-state index contributed by atoms with van der Waals surface area (Å²) in [5, 5.41) is 3.49. The molecule has 1 rings (SSSR count). The number of unbranched alkanes of at least 4 members (excludes halogenated alkanes) is 4. The van der Waals surface area contributed by atoms with Crippen molar-refractivity contribution < 1.29 is 0 Å². The first-order valence-corrected chi connectivity index (χ1v) is 7.51. The molecule has 1 aromatic carbocycles. The molecular weight excluding hydrogens is 218 g/mol.